The van der Waals surface area contributed by atoms with Crippen molar-refractivity contribution in [2.45, 2.75) is 167 Å². The second-order valence-corrected chi connectivity index (χ2v) is 28.4. The van der Waals surface area contributed by atoms with Crippen molar-refractivity contribution >= 4 is 52.2 Å². The number of aromatic nitrogens is 6. The molecule has 22 heteroatoms. The number of nitrogens with one attached hydrogen (secondary N) is 1. The standard InChI is InChI=1S/C85H87ClN10O11/c1-4-68-69-45-67(33-34-73(69)92-77-70(68)54-96-75(77)46-72-71(79(96)99)55-106-83(103)85(72,104)5-2)107-80(100)58-27-25-56(26-28-58)47-95(82(102)84(35-13-7-14-36-84)61-29-31-62(86)32-30-61)41-19-6-8-24-76(97)91-74(81(101)105-3)44-57-42-59(48-93(50-63-20-9-15-37-87-63)51-64-21-10-16-38-88-64)78(98)60(43-57)49-94(52-65-22-11-17-39-89-65)53-66-23-12-18-40-90-66/h9-12,15-18,20-23,25-34,37-40,42-43,45-46,74,98,104H,4-8,13-14,19,24,35-36,41,44,47-55H2,1-3H3,(H,91,97)/t74?,85-/m0/s1. The van der Waals surface area contributed by atoms with Crippen LogP contribution in [0, 0.1) is 0 Å². The number of halogens is 1. The molecule has 1 unspecified atom stereocenters. The molecule has 21 nitrogen and oxygen atoms in total. The van der Waals surface area contributed by atoms with Crippen LogP contribution in [0.3, 0.4) is 0 Å². The van der Waals surface area contributed by atoms with Crippen molar-refractivity contribution in [1.82, 2.24) is 49.5 Å². The largest absolute Gasteiger partial charge is 0.507 e. The van der Waals surface area contributed by atoms with E-state index in [0.29, 0.717) is 121 Å². The van der Waals surface area contributed by atoms with Gasteiger partial charge in [-0.05, 0) is 158 Å². The lowest BCUT2D eigenvalue weighted by Crippen LogP contribution is -2.48. The summed E-state index contributed by atoms with van der Waals surface area (Å²) in [5.41, 5.74) is 8.07. The Morgan fingerprint density at radius 2 is 1.27 bits per heavy atom. The number of carbonyl (C=O) groups is 5. The van der Waals surface area contributed by atoms with E-state index in [1.54, 1.807) is 72.7 Å². The van der Waals surface area contributed by atoms with E-state index in [0.717, 1.165) is 69.7 Å². The molecule has 550 valence electrons. The molecule has 0 bridgehead atoms. The van der Waals surface area contributed by atoms with Gasteiger partial charge >= 0.3 is 17.9 Å². The van der Waals surface area contributed by atoms with Gasteiger partial charge in [-0.15, -0.1) is 0 Å². The number of esters is 3. The number of ether oxygens (including phenoxy) is 3. The number of unbranched alkanes of at least 4 members (excludes halogenated alkanes) is 2. The molecule has 2 amide bonds. The van der Waals surface area contributed by atoms with Crippen molar-refractivity contribution in [3.63, 3.8) is 0 Å². The number of amides is 2. The van der Waals surface area contributed by atoms with Crippen LogP contribution in [0.1, 0.15) is 161 Å². The van der Waals surface area contributed by atoms with Crippen LogP contribution >= 0.6 is 11.6 Å². The zero-order valence-corrected chi connectivity index (χ0v) is 61.2. The first-order valence-corrected chi connectivity index (χ1v) is 37.1. The molecule has 107 heavy (non-hydrogen) atoms. The van der Waals surface area contributed by atoms with Gasteiger partial charge in [0.1, 0.15) is 24.1 Å². The quantitative estimate of drug-likeness (QED) is 0.0215. The topological polar surface area (TPSA) is 262 Å². The molecule has 4 aromatic carbocycles. The first-order chi connectivity index (χ1) is 52.0. The lowest BCUT2D eigenvalue weighted by Gasteiger charge is -2.40. The first kappa shape index (κ1) is 74.4. The molecule has 1 fully saturated rings. The molecule has 3 aliphatic rings. The fraction of sp³-hybridized carbons (Fsp3) is 0.329. The highest BCUT2D eigenvalue weighted by Gasteiger charge is 2.46. The van der Waals surface area contributed by atoms with Crippen LogP contribution in [0.2, 0.25) is 5.02 Å². The van der Waals surface area contributed by atoms with Crippen molar-refractivity contribution in [2.24, 2.45) is 0 Å². The summed E-state index contributed by atoms with van der Waals surface area (Å²) in [6.07, 6.45) is 13.5. The highest BCUT2D eigenvalue weighted by Crippen LogP contribution is 2.44. The average molecular weight is 1460 g/mol. The Morgan fingerprint density at radius 1 is 0.673 bits per heavy atom. The van der Waals surface area contributed by atoms with Crippen LogP contribution in [0.15, 0.2) is 187 Å². The minimum atomic E-state index is -1.95. The molecule has 6 aromatic heterocycles. The van der Waals surface area contributed by atoms with Crippen LogP contribution in [-0.4, -0.2) is 104 Å². The maximum absolute atomic E-state index is 15.5. The number of fused-ring (bicyclic) bond motifs is 5. The molecule has 10 aromatic rings. The molecular formula is C85H87ClN10O11. The predicted molar refractivity (Wildman–Crippen MR) is 404 cm³/mol. The summed E-state index contributed by atoms with van der Waals surface area (Å²) in [4.78, 5) is 114. The molecule has 8 heterocycles. The van der Waals surface area contributed by atoms with Gasteiger partial charge < -0.3 is 39.2 Å². The minimum Gasteiger partial charge on any atom is -0.507 e. The molecule has 3 N–H and O–H groups in total. The van der Waals surface area contributed by atoms with Crippen LogP contribution in [-0.2, 0) is 111 Å². The average Bonchev–Trinajstić information content (AvgIpc) is 1.60. The number of pyridine rings is 6. The summed E-state index contributed by atoms with van der Waals surface area (Å²) in [5, 5.41) is 28.2. The zero-order chi connectivity index (χ0) is 74.6. The molecule has 0 radical (unpaired) electrons. The Morgan fingerprint density at radius 3 is 1.82 bits per heavy atom. The Bertz CT molecular complexity index is 4720. The maximum atomic E-state index is 15.5. The smallest absolute Gasteiger partial charge is 0.343 e. The van der Waals surface area contributed by atoms with Gasteiger partial charge in [0.15, 0.2) is 5.60 Å². The number of phenols is 1. The van der Waals surface area contributed by atoms with Gasteiger partial charge in [-0.1, -0.05) is 112 Å². The molecule has 0 saturated heterocycles. The lowest BCUT2D eigenvalue weighted by molar-refractivity contribution is -0.172. The van der Waals surface area contributed by atoms with Crippen LogP contribution < -0.4 is 15.6 Å². The fourth-order valence-corrected chi connectivity index (χ4v) is 15.5. The van der Waals surface area contributed by atoms with Crippen molar-refractivity contribution in [1.29, 1.82) is 0 Å². The number of aliphatic hydroxyl groups is 1. The number of hydrogen-bond acceptors (Lipinski definition) is 18. The molecule has 1 saturated carbocycles. The SMILES string of the molecule is CCc1c2c(nc3ccc(OC(=O)c4ccc(CN(CCCCCC(=O)NC(Cc5cc(CN(Cc6ccccn6)Cc6ccccn6)c(O)c(CN(Cc6ccccn6)Cc6ccccn6)c5)C(=O)OC)C(=O)C5(c6ccc(Cl)cc6)CCCCC5)cc4)cc13)-c1cc3c(c(=O)n1C2)COC(=O)[C@]3(O)CC. The van der Waals surface area contributed by atoms with Crippen LogP contribution in [0.25, 0.3) is 22.3 Å². The summed E-state index contributed by atoms with van der Waals surface area (Å²) in [7, 11) is 1.30. The van der Waals surface area contributed by atoms with E-state index < -0.39 is 35.0 Å². The Balaban J connectivity index is 0.701. The number of aryl methyl sites for hydroxylation is 1. The number of nitrogens with zero attached hydrogens (tertiary/aromatic N) is 9. The number of methoxy groups -OCH3 is 1. The third kappa shape index (κ3) is 17.0. The number of rotatable bonds is 30. The molecular weight excluding hydrogens is 1370 g/mol. The monoisotopic (exact) mass is 1460 g/mol. The van der Waals surface area contributed by atoms with E-state index in [4.69, 9.17) is 30.8 Å². The summed E-state index contributed by atoms with van der Waals surface area (Å²) in [6, 6.07) is 47.3. The van der Waals surface area contributed by atoms with Gasteiger partial charge in [0, 0.05) is 123 Å². The Hall–Kier alpha value is -10.8. The van der Waals surface area contributed by atoms with E-state index in [1.165, 1.54) is 7.11 Å². The Labute approximate surface area is 626 Å². The summed E-state index contributed by atoms with van der Waals surface area (Å²) < 4.78 is 18.3. The van der Waals surface area contributed by atoms with Gasteiger partial charge in [0.2, 0.25) is 11.8 Å². The summed E-state index contributed by atoms with van der Waals surface area (Å²) >= 11 is 6.44. The number of aromatic hydroxyl groups is 1. The van der Waals surface area contributed by atoms with Gasteiger partial charge in [-0.2, -0.15) is 0 Å². The van der Waals surface area contributed by atoms with Crippen LogP contribution in [0.5, 0.6) is 11.5 Å². The second kappa shape index (κ2) is 33.7. The van der Waals surface area contributed by atoms with Crippen molar-refractivity contribution in [2.75, 3.05) is 13.7 Å². The number of hydrogen-bond donors (Lipinski definition) is 3. The second-order valence-electron chi connectivity index (χ2n) is 28.0. The normalized spacial score (nSPS) is 15.3. The van der Waals surface area contributed by atoms with E-state index >= 15 is 4.79 Å². The van der Waals surface area contributed by atoms with E-state index in [1.807, 2.05) is 133 Å². The van der Waals surface area contributed by atoms with E-state index in [9.17, 15) is 34.2 Å². The highest BCUT2D eigenvalue weighted by atomic mass is 35.5. The third-order valence-electron chi connectivity index (χ3n) is 20.9. The van der Waals surface area contributed by atoms with Gasteiger partial charge in [-0.3, -0.25) is 44.1 Å². The highest BCUT2D eigenvalue weighted by molar-refractivity contribution is 6.30. The third-order valence-corrected chi connectivity index (χ3v) is 21.1. The minimum absolute atomic E-state index is 0.00170. The first-order valence-electron chi connectivity index (χ1n) is 36.7. The van der Waals surface area contributed by atoms with E-state index in [-0.39, 0.29) is 86.3 Å². The van der Waals surface area contributed by atoms with Gasteiger partial charge in [0.05, 0.1) is 69.9 Å². The molecule has 13 rings (SSSR count). The molecule has 1 aliphatic carbocycles. The lowest BCUT2D eigenvalue weighted by atomic mass is 9.68. The van der Waals surface area contributed by atoms with Gasteiger partial charge in [-0.25, -0.2) is 19.4 Å². The summed E-state index contributed by atoms with van der Waals surface area (Å²) in [5.74, 6) is -1.96. The Kier molecular flexibility index (Phi) is 23.5. The number of phenolic OH excluding ortho intramolecular Hbond substituents is 1. The van der Waals surface area contributed by atoms with Crippen molar-refractivity contribution in [3.05, 3.63) is 276 Å². The zero-order valence-electron chi connectivity index (χ0n) is 60.4. The van der Waals surface area contributed by atoms with Crippen LogP contribution in [0.4, 0.5) is 0 Å². The van der Waals surface area contributed by atoms with Crippen molar-refractivity contribution in [3.8, 4) is 22.9 Å². The number of benzene rings is 4. The van der Waals surface area contributed by atoms with Crippen molar-refractivity contribution < 1.29 is 48.4 Å². The summed E-state index contributed by atoms with van der Waals surface area (Å²) in [6.45, 7) is 6.63. The van der Waals surface area contributed by atoms with Gasteiger partial charge in [0.25, 0.3) is 5.56 Å². The fourth-order valence-electron chi connectivity index (χ4n) is 15.3. The molecule has 0 spiro atoms. The molecule has 2 atom stereocenters. The van der Waals surface area contributed by atoms with E-state index in [2.05, 4.69) is 35.1 Å². The maximum Gasteiger partial charge on any atom is 0.343 e. The number of carbonyl (C=O) groups excluding carboxylic acids is 5. The predicted octanol–water partition coefficient (Wildman–Crippen LogP) is 12.9. The molecule has 2 aliphatic heterocycles. The number of cyclic esters (lactones) is 1.